The summed E-state index contributed by atoms with van der Waals surface area (Å²) in [6.45, 7) is 2.66. The van der Waals surface area contributed by atoms with Crippen LogP contribution in [0.15, 0.2) is 23.3 Å². The zero-order valence-corrected chi connectivity index (χ0v) is 15.4. The predicted molar refractivity (Wildman–Crippen MR) is 98.7 cm³/mol. The van der Waals surface area contributed by atoms with Gasteiger partial charge in [0, 0.05) is 31.5 Å². The van der Waals surface area contributed by atoms with Crippen LogP contribution in [0.4, 0.5) is 10.8 Å². The fourth-order valence-corrected chi connectivity index (χ4v) is 3.94. The highest BCUT2D eigenvalue weighted by molar-refractivity contribution is 7.20. The maximum absolute atomic E-state index is 12.7. The van der Waals surface area contributed by atoms with Crippen molar-refractivity contribution in [2.24, 2.45) is 7.05 Å². The lowest BCUT2D eigenvalue weighted by Gasteiger charge is -2.14. The number of rotatable bonds is 5. The van der Waals surface area contributed by atoms with Gasteiger partial charge in [-0.3, -0.25) is 14.3 Å². The summed E-state index contributed by atoms with van der Waals surface area (Å²) in [6.07, 6.45) is 5.83. The van der Waals surface area contributed by atoms with Crippen molar-refractivity contribution >= 4 is 33.0 Å². The maximum atomic E-state index is 12.7. The second-order valence-electron chi connectivity index (χ2n) is 6.28. The van der Waals surface area contributed by atoms with Crippen LogP contribution in [-0.2, 0) is 18.3 Å². The zero-order chi connectivity index (χ0) is 18.3. The molecule has 1 aliphatic rings. The molecule has 0 radical (unpaired) electrons. The highest BCUT2D eigenvalue weighted by atomic mass is 32.1. The standard InChI is InChI=1S/C16H19N7O2S/c1-3-4-10-7-13(24)23-16(18-10)26-15(20-23)19-12-5-6-22(14(12)25)11-8-17-21(2)9-11/h7-9,12H,3-6H2,1-2H3,(H,19,20). The van der Waals surface area contributed by atoms with Crippen LogP contribution < -0.4 is 15.8 Å². The zero-order valence-electron chi connectivity index (χ0n) is 14.5. The van der Waals surface area contributed by atoms with Crippen LogP contribution in [0.1, 0.15) is 25.5 Å². The van der Waals surface area contributed by atoms with Gasteiger partial charge in [0.15, 0.2) is 0 Å². The van der Waals surface area contributed by atoms with Gasteiger partial charge in [-0.2, -0.15) is 9.61 Å². The molecule has 0 aromatic carbocycles. The Hall–Kier alpha value is -2.75. The fourth-order valence-electron chi connectivity index (χ4n) is 3.07. The Morgan fingerprint density at radius 3 is 2.96 bits per heavy atom. The SMILES string of the molecule is CCCc1cc(=O)n2nc(NC3CCN(c4cnn(C)c4)C3=O)sc2n1. The van der Waals surface area contributed by atoms with Crippen molar-refractivity contribution < 1.29 is 4.79 Å². The molecule has 1 atom stereocenters. The smallest absolute Gasteiger partial charge is 0.275 e. The number of carbonyl (C=O) groups is 1. The average molecular weight is 373 g/mol. The molecule has 1 unspecified atom stereocenters. The molecule has 4 heterocycles. The highest BCUT2D eigenvalue weighted by Gasteiger charge is 2.33. The van der Waals surface area contributed by atoms with E-state index in [1.807, 2.05) is 20.2 Å². The Morgan fingerprint density at radius 2 is 2.23 bits per heavy atom. The Bertz CT molecular complexity index is 1020. The lowest BCUT2D eigenvalue weighted by molar-refractivity contribution is -0.117. The Morgan fingerprint density at radius 1 is 1.38 bits per heavy atom. The van der Waals surface area contributed by atoms with Crippen molar-refractivity contribution in [3.63, 3.8) is 0 Å². The van der Waals surface area contributed by atoms with Crippen LogP contribution in [0.5, 0.6) is 0 Å². The molecule has 0 saturated carbocycles. The van der Waals surface area contributed by atoms with Gasteiger partial charge in [-0.05, 0) is 12.8 Å². The number of hydrogen-bond acceptors (Lipinski definition) is 7. The molecule has 26 heavy (non-hydrogen) atoms. The number of aryl methyl sites for hydroxylation is 2. The molecule has 0 spiro atoms. The van der Waals surface area contributed by atoms with Crippen molar-refractivity contribution in [3.8, 4) is 0 Å². The molecule has 3 aromatic rings. The van der Waals surface area contributed by atoms with Gasteiger partial charge in [0.25, 0.3) is 5.56 Å². The largest absolute Gasteiger partial charge is 0.348 e. The summed E-state index contributed by atoms with van der Waals surface area (Å²) in [5.41, 5.74) is 1.36. The first kappa shape index (κ1) is 16.7. The van der Waals surface area contributed by atoms with Gasteiger partial charge in [0.05, 0.1) is 11.9 Å². The van der Waals surface area contributed by atoms with Gasteiger partial charge in [-0.15, -0.1) is 5.10 Å². The van der Waals surface area contributed by atoms with Gasteiger partial charge >= 0.3 is 0 Å². The number of hydrogen-bond donors (Lipinski definition) is 1. The van der Waals surface area contributed by atoms with Crippen molar-refractivity contribution in [1.29, 1.82) is 0 Å². The summed E-state index contributed by atoms with van der Waals surface area (Å²) in [7, 11) is 1.82. The van der Waals surface area contributed by atoms with E-state index in [4.69, 9.17) is 0 Å². The average Bonchev–Trinajstić information content (AvgIpc) is 3.28. The van der Waals surface area contributed by atoms with Crippen LogP contribution in [0.25, 0.3) is 4.96 Å². The van der Waals surface area contributed by atoms with Crippen molar-refractivity contribution in [3.05, 3.63) is 34.5 Å². The van der Waals surface area contributed by atoms with Gasteiger partial charge in [0.2, 0.25) is 16.0 Å². The molecular weight excluding hydrogens is 354 g/mol. The topological polar surface area (TPSA) is 97.4 Å². The van der Waals surface area contributed by atoms with E-state index in [2.05, 4.69) is 20.5 Å². The van der Waals surface area contributed by atoms with E-state index in [9.17, 15) is 9.59 Å². The summed E-state index contributed by atoms with van der Waals surface area (Å²) >= 11 is 1.28. The van der Waals surface area contributed by atoms with Crippen LogP contribution in [-0.4, -0.2) is 42.9 Å². The van der Waals surface area contributed by atoms with Gasteiger partial charge in [0.1, 0.15) is 6.04 Å². The van der Waals surface area contributed by atoms with Crippen LogP contribution >= 0.6 is 11.3 Å². The third kappa shape index (κ3) is 2.96. The van der Waals surface area contributed by atoms with Crippen molar-refractivity contribution in [1.82, 2.24) is 24.4 Å². The molecule has 3 aromatic heterocycles. The molecule has 136 valence electrons. The maximum Gasteiger partial charge on any atom is 0.275 e. The van der Waals surface area contributed by atoms with Crippen molar-refractivity contribution in [2.75, 3.05) is 16.8 Å². The number of anilines is 2. The number of fused-ring (bicyclic) bond motifs is 1. The second-order valence-corrected chi connectivity index (χ2v) is 7.24. The molecule has 1 amide bonds. The quantitative estimate of drug-likeness (QED) is 0.718. The van der Waals surface area contributed by atoms with E-state index in [-0.39, 0.29) is 17.5 Å². The van der Waals surface area contributed by atoms with E-state index in [1.54, 1.807) is 15.8 Å². The molecule has 4 rings (SSSR count). The lowest BCUT2D eigenvalue weighted by atomic mass is 10.2. The number of nitrogens with zero attached hydrogens (tertiary/aromatic N) is 6. The van der Waals surface area contributed by atoms with E-state index < -0.39 is 0 Å². The van der Waals surface area contributed by atoms with Crippen LogP contribution in [0.2, 0.25) is 0 Å². The molecule has 0 bridgehead atoms. The number of amides is 1. The fraction of sp³-hybridized carbons (Fsp3) is 0.438. The number of aromatic nitrogens is 5. The second kappa shape index (κ2) is 6.52. The number of nitrogens with one attached hydrogen (secondary N) is 1. The van der Waals surface area contributed by atoms with E-state index >= 15 is 0 Å². The predicted octanol–water partition coefficient (Wildman–Crippen LogP) is 1.05. The summed E-state index contributed by atoms with van der Waals surface area (Å²) in [4.78, 5) is 31.6. The van der Waals surface area contributed by atoms with E-state index in [0.717, 1.165) is 24.2 Å². The first-order valence-corrected chi connectivity index (χ1v) is 9.33. The lowest BCUT2D eigenvalue weighted by Crippen LogP contribution is -2.33. The molecule has 1 saturated heterocycles. The minimum atomic E-state index is -0.374. The summed E-state index contributed by atoms with van der Waals surface area (Å²) < 4.78 is 2.95. The third-order valence-electron chi connectivity index (χ3n) is 4.31. The monoisotopic (exact) mass is 373 g/mol. The summed E-state index contributed by atoms with van der Waals surface area (Å²) in [6, 6.07) is 1.15. The van der Waals surface area contributed by atoms with Crippen LogP contribution in [0.3, 0.4) is 0 Å². The molecular formula is C16H19N7O2S. The normalized spacial score (nSPS) is 17.4. The summed E-state index contributed by atoms with van der Waals surface area (Å²) in [5, 5.41) is 12.1. The minimum absolute atomic E-state index is 0.0239. The number of carbonyl (C=O) groups excluding carboxylic acids is 1. The molecule has 1 N–H and O–H groups in total. The molecule has 10 heteroatoms. The first-order chi connectivity index (χ1) is 12.5. The minimum Gasteiger partial charge on any atom is -0.348 e. The van der Waals surface area contributed by atoms with E-state index in [0.29, 0.717) is 23.1 Å². The van der Waals surface area contributed by atoms with Crippen LogP contribution in [0, 0.1) is 0 Å². The Kier molecular flexibility index (Phi) is 4.19. The summed E-state index contributed by atoms with van der Waals surface area (Å²) in [5.74, 6) is -0.0239. The van der Waals surface area contributed by atoms with E-state index in [1.165, 1.54) is 21.9 Å². The highest BCUT2D eigenvalue weighted by Crippen LogP contribution is 2.25. The van der Waals surface area contributed by atoms with Gasteiger partial charge < -0.3 is 10.2 Å². The van der Waals surface area contributed by atoms with Gasteiger partial charge in [-0.1, -0.05) is 24.7 Å². The van der Waals surface area contributed by atoms with Gasteiger partial charge in [-0.25, -0.2) is 4.98 Å². The third-order valence-corrected chi connectivity index (χ3v) is 5.15. The molecule has 9 nitrogen and oxygen atoms in total. The Balaban J connectivity index is 1.55. The van der Waals surface area contributed by atoms with Crippen molar-refractivity contribution in [2.45, 2.75) is 32.2 Å². The molecule has 0 aliphatic carbocycles. The molecule has 1 fully saturated rings. The Labute approximate surface area is 153 Å². The molecule has 1 aliphatic heterocycles. The first-order valence-electron chi connectivity index (χ1n) is 8.51.